The van der Waals surface area contributed by atoms with Gasteiger partial charge in [0, 0.05) is 19.0 Å². The van der Waals surface area contributed by atoms with E-state index in [4.69, 9.17) is 15.6 Å². The van der Waals surface area contributed by atoms with Crippen LogP contribution in [0, 0.1) is 5.92 Å². The third-order valence-corrected chi connectivity index (χ3v) is 3.09. The Balaban J connectivity index is 1.77. The number of nitrogen functional groups attached to an aromatic ring is 1. The molecule has 2 rings (SSSR count). The van der Waals surface area contributed by atoms with Crippen LogP contribution in [-0.4, -0.2) is 46.0 Å². The zero-order valence-corrected chi connectivity index (χ0v) is 9.31. The summed E-state index contributed by atoms with van der Waals surface area (Å²) >= 11 is 1.18. The summed E-state index contributed by atoms with van der Waals surface area (Å²) in [4.78, 5) is 12.1. The lowest BCUT2D eigenvalue weighted by Gasteiger charge is -2.11. The van der Waals surface area contributed by atoms with Crippen LogP contribution in [-0.2, 0) is 0 Å². The first-order valence-electron chi connectivity index (χ1n) is 4.85. The van der Waals surface area contributed by atoms with E-state index >= 15 is 0 Å². The SMILES string of the molecule is Nc1nnc(OC[C@@H]2CCN(C(=O)O)C2)s1. The molecule has 88 valence electrons. The van der Waals surface area contributed by atoms with Gasteiger partial charge in [-0.25, -0.2) is 4.79 Å². The second-order valence-corrected chi connectivity index (χ2v) is 4.57. The highest BCUT2D eigenvalue weighted by atomic mass is 32.1. The Kier molecular flexibility index (Phi) is 3.09. The Hall–Kier alpha value is -1.57. The van der Waals surface area contributed by atoms with Crippen molar-refractivity contribution in [1.82, 2.24) is 15.1 Å². The molecule has 0 saturated carbocycles. The van der Waals surface area contributed by atoms with Crippen LogP contribution in [0.25, 0.3) is 0 Å². The summed E-state index contributed by atoms with van der Waals surface area (Å²) in [6.45, 7) is 1.55. The van der Waals surface area contributed by atoms with Gasteiger partial charge in [-0.05, 0) is 17.8 Å². The molecule has 3 N–H and O–H groups in total. The highest BCUT2D eigenvalue weighted by Crippen LogP contribution is 2.22. The second kappa shape index (κ2) is 4.52. The Labute approximate surface area is 95.8 Å². The van der Waals surface area contributed by atoms with E-state index in [1.54, 1.807) is 0 Å². The first-order chi connectivity index (χ1) is 7.65. The van der Waals surface area contributed by atoms with E-state index in [0.29, 0.717) is 30.0 Å². The summed E-state index contributed by atoms with van der Waals surface area (Å²) in [7, 11) is 0. The van der Waals surface area contributed by atoms with Crippen LogP contribution in [0.1, 0.15) is 6.42 Å². The van der Waals surface area contributed by atoms with Crippen molar-refractivity contribution < 1.29 is 14.6 Å². The largest absolute Gasteiger partial charge is 0.469 e. The van der Waals surface area contributed by atoms with Crippen molar-refractivity contribution in [3.05, 3.63) is 0 Å². The standard InChI is InChI=1S/C8H12N4O3S/c9-6-10-11-7(16-6)15-4-5-1-2-12(3-5)8(13)14/h5H,1-4H2,(H2,9,10)(H,13,14)/t5-/m1/s1. The van der Waals surface area contributed by atoms with Crippen LogP contribution >= 0.6 is 11.3 Å². The molecule has 0 aliphatic carbocycles. The lowest BCUT2D eigenvalue weighted by atomic mass is 10.1. The van der Waals surface area contributed by atoms with E-state index in [-0.39, 0.29) is 5.92 Å². The van der Waals surface area contributed by atoms with E-state index in [0.717, 1.165) is 6.42 Å². The molecule has 7 nitrogen and oxygen atoms in total. The van der Waals surface area contributed by atoms with Crippen LogP contribution in [0.4, 0.5) is 9.93 Å². The molecular weight excluding hydrogens is 232 g/mol. The van der Waals surface area contributed by atoms with Crippen LogP contribution in [0.3, 0.4) is 0 Å². The summed E-state index contributed by atoms with van der Waals surface area (Å²) < 4.78 is 5.38. The monoisotopic (exact) mass is 244 g/mol. The van der Waals surface area contributed by atoms with E-state index < -0.39 is 6.09 Å². The number of ether oxygens (including phenoxy) is 1. The average Bonchev–Trinajstić information content (AvgIpc) is 2.83. The molecule has 1 aromatic rings. The van der Waals surface area contributed by atoms with Gasteiger partial charge in [0.1, 0.15) is 0 Å². The molecule has 2 heterocycles. The van der Waals surface area contributed by atoms with Gasteiger partial charge in [0.05, 0.1) is 6.61 Å². The maximum absolute atomic E-state index is 10.7. The van der Waals surface area contributed by atoms with Gasteiger partial charge >= 0.3 is 6.09 Å². The topological polar surface area (TPSA) is 102 Å². The Morgan fingerprint density at radius 3 is 3.06 bits per heavy atom. The Bertz CT molecular complexity index is 383. The third kappa shape index (κ3) is 2.51. The number of nitrogens with two attached hydrogens (primary N) is 1. The molecule has 8 heteroatoms. The minimum atomic E-state index is -0.873. The van der Waals surface area contributed by atoms with Gasteiger partial charge in [-0.2, -0.15) is 0 Å². The number of carboxylic acid groups (broad SMARTS) is 1. The van der Waals surface area contributed by atoms with Crippen molar-refractivity contribution in [3.63, 3.8) is 0 Å². The molecule has 0 unspecified atom stereocenters. The van der Waals surface area contributed by atoms with Crippen molar-refractivity contribution in [2.75, 3.05) is 25.4 Å². The lowest BCUT2D eigenvalue weighted by Crippen LogP contribution is -2.27. The number of nitrogens with zero attached hydrogens (tertiary/aromatic N) is 3. The van der Waals surface area contributed by atoms with Gasteiger partial charge in [0.15, 0.2) is 0 Å². The number of carbonyl (C=O) groups is 1. The van der Waals surface area contributed by atoms with Gasteiger partial charge in [-0.1, -0.05) is 5.10 Å². The highest BCUT2D eigenvalue weighted by Gasteiger charge is 2.26. The smallest absolute Gasteiger partial charge is 0.407 e. The number of amides is 1. The fourth-order valence-electron chi connectivity index (χ4n) is 1.61. The number of likely N-dealkylation sites (tertiary alicyclic amines) is 1. The van der Waals surface area contributed by atoms with E-state index in [9.17, 15) is 4.79 Å². The molecule has 1 aliphatic rings. The summed E-state index contributed by atoms with van der Waals surface area (Å²) in [5.74, 6) is 0.223. The predicted molar refractivity (Wildman–Crippen MR) is 57.5 cm³/mol. The number of rotatable bonds is 3. The number of anilines is 1. The maximum Gasteiger partial charge on any atom is 0.407 e. The second-order valence-electron chi connectivity index (χ2n) is 3.60. The van der Waals surface area contributed by atoms with Gasteiger partial charge in [-0.3, -0.25) is 0 Å². The molecular formula is C8H12N4O3S. The average molecular weight is 244 g/mol. The van der Waals surface area contributed by atoms with E-state index in [1.165, 1.54) is 16.2 Å². The minimum Gasteiger partial charge on any atom is -0.469 e. The molecule has 0 spiro atoms. The van der Waals surface area contributed by atoms with E-state index in [1.807, 2.05) is 0 Å². The fraction of sp³-hybridized carbons (Fsp3) is 0.625. The molecule has 1 atom stereocenters. The molecule has 1 fully saturated rings. The molecule has 1 aromatic heterocycles. The Morgan fingerprint density at radius 1 is 1.69 bits per heavy atom. The summed E-state index contributed by atoms with van der Waals surface area (Å²) in [6, 6.07) is 0. The van der Waals surface area contributed by atoms with Crippen molar-refractivity contribution >= 4 is 22.6 Å². The van der Waals surface area contributed by atoms with E-state index in [2.05, 4.69) is 10.2 Å². The van der Waals surface area contributed by atoms with Crippen LogP contribution in [0.5, 0.6) is 5.19 Å². The third-order valence-electron chi connectivity index (χ3n) is 2.42. The van der Waals surface area contributed by atoms with Crippen LogP contribution in [0.2, 0.25) is 0 Å². The summed E-state index contributed by atoms with van der Waals surface area (Å²) in [6.07, 6.45) is -0.0525. The molecule has 1 saturated heterocycles. The molecule has 1 aliphatic heterocycles. The first-order valence-corrected chi connectivity index (χ1v) is 5.66. The fourth-order valence-corrected chi connectivity index (χ4v) is 2.08. The van der Waals surface area contributed by atoms with Crippen molar-refractivity contribution in [3.8, 4) is 5.19 Å². The molecule has 16 heavy (non-hydrogen) atoms. The zero-order chi connectivity index (χ0) is 11.5. The van der Waals surface area contributed by atoms with Gasteiger partial charge in [-0.15, -0.1) is 5.10 Å². The maximum atomic E-state index is 10.7. The normalized spacial score (nSPS) is 20.0. The molecule has 0 radical (unpaired) electrons. The van der Waals surface area contributed by atoms with Crippen LogP contribution < -0.4 is 10.5 Å². The molecule has 1 amide bonds. The van der Waals surface area contributed by atoms with Crippen molar-refractivity contribution in [1.29, 1.82) is 0 Å². The molecule has 0 aromatic carbocycles. The molecule has 0 bridgehead atoms. The lowest BCUT2D eigenvalue weighted by molar-refractivity contribution is 0.151. The predicted octanol–water partition coefficient (Wildman–Crippen LogP) is 0.499. The van der Waals surface area contributed by atoms with Crippen LogP contribution in [0.15, 0.2) is 0 Å². The van der Waals surface area contributed by atoms with Crippen molar-refractivity contribution in [2.24, 2.45) is 5.92 Å². The Morgan fingerprint density at radius 2 is 2.50 bits per heavy atom. The van der Waals surface area contributed by atoms with Gasteiger partial charge in [0.2, 0.25) is 5.13 Å². The number of hydrogen-bond donors (Lipinski definition) is 2. The highest BCUT2D eigenvalue weighted by molar-refractivity contribution is 7.16. The number of hydrogen-bond acceptors (Lipinski definition) is 6. The van der Waals surface area contributed by atoms with Crippen molar-refractivity contribution in [2.45, 2.75) is 6.42 Å². The van der Waals surface area contributed by atoms with Gasteiger partial charge < -0.3 is 20.5 Å². The summed E-state index contributed by atoms with van der Waals surface area (Å²) in [5, 5.41) is 16.9. The summed E-state index contributed by atoms with van der Waals surface area (Å²) in [5.41, 5.74) is 5.40. The quantitative estimate of drug-likeness (QED) is 0.802. The minimum absolute atomic E-state index is 0.223. The number of aromatic nitrogens is 2. The zero-order valence-electron chi connectivity index (χ0n) is 8.50. The van der Waals surface area contributed by atoms with Gasteiger partial charge in [0.25, 0.3) is 5.19 Å². The first kappa shape index (κ1) is 10.9.